The molecule has 0 heterocycles. The van der Waals surface area contributed by atoms with Crippen LogP contribution in [0.25, 0.3) is 10.8 Å². The second-order valence-electron chi connectivity index (χ2n) is 2.78. The maximum Gasteiger partial charge on any atom is 0.177 e. The van der Waals surface area contributed by atoms with Gasteiger partial charge in [-0.3, -0.25) is 0 Å². The Labute approximate surface area is 80.0 Å². The van der Waals surface area contributed by atoms with Crippen molar-refractivity contribution in [1.82, 2.24) is 0 Å². The van der Waals surface area contributed by atoms with Crippen molar-refractivity contribution in [3.63, 3.8) is 0 Å². The molecular weight excluding hydrogens is 188 g/mol. The largest absolute Gasteiger partial charge is 0.504 e. The third-order valence-corrected chi connectivity index (χ3v) is 2.32. The Morgan fingerprint density at radius 2 is 1.77 bits per heavy atom. The van der Waals surface area contributed by atoms with E-state index in [0.717, 1.165) is 10.8 Å². The lowest BCUT2D eigenvalue weighted by molar-refractivity contribution is 0.405. The molecule has 0 spiro atoms. The van der Waals surface area contributed by atoms with Crippen molar-refractivity contribution in [2.45, 2.75) is 0 Å². The predicted octanol–water partition coefficient (Wildman–Crippen LogP) is 2.90. The number of halogens is 1. The van der Waals surface area contributed by atoms with Crippen molar-refractivity contribution in [2.24, 2.45) is 0 Å². The van der Waals surface area contributed by atoms with E-state index in [-0.39, 0.29) is 16.5 Å². The lowest BCUT2D eigenvalue weighted by Gasteiger charge is -2.04. The van der Waals surface area contributed by atoms with Crippen LogP contribution in [0.5, 0.6) is 11.5 Å². The molecule has 66 valence electrons. The van der Waals surface area contributed by atoms with Crippen LogP contribution in [0, 0.1) is 0 Å². The first kappa shape index (κ1) is 8.20. The molecule has 2 N–H and O–H groups in total. The molecule has 0 saturated carbocycles. The molecule has 0 unspecified atom stereocenters. The van der Waals surface area contributed by atoms with E-state index in [1.165, 1.54) is 6.07 Å². The summed E-state index contributed by atoms with van der Waals surface area (Å²) in [6.45, 7) is 0. The fraction of sp³-hybridized carbons (Fsp3) is 0. The Balaban J connectivity index is 2.94. The normalized spacial score (nSPS) is 10.5. The SMILES string of the molecule is Oc1cc2ccccc2c(Cl)c1O. The van der Waals surface area contributed by atoms with Gasteiger partial charge in [0, 0.05) is 5.39 Å². The van der Waals surface area contributed by atoms with Gasteiger partial charge >= 0.3 is 0 Å². The minimum atomic E-state index is -0.264. The molecule has 0 radical (unpaired) electrons. The van der Waals surface area contributed by atoms with E-state index in [4.69, 9.17) is 11.6 Å². The zero-order valence-electron chi connectivity index (χ0n) is 6.66. The molecule has 0 atom stereocenters. The van der Waals surface area contributed by atoms with E-state index < -0.39 is 0 Å². The first-order valence-corrected chi connectivity index (χ1v) is 4.17. The molecule has 0 aliphatic heterocycles. The number of aromatic hydroxyl groups is 2. The summed E-state index contributed by atoms with van der Waals surface area (Å²) in [5.41, 5.74) is 0. The highest BCUT2D eigenvalue weighted by atomic mass is 35.5. The van der Waals surface area contributed by atoms with Gasteiger partial charge in [0.1, 0.15) is 0 Å². The van der Waals surface area contributed by atoms with E-state index in [1.54, 1.807) is 6.07 Å². The molecular formula is C10H7ClO2. The van der Waals surface area contributed by atoms with Gasteiger partial charge in [0.05, 0.1) is 5.02 Å². The number of phenolic OH excluding ortho intramolecular Hbond substituents is 2. The fourth-order valence-electron chi connectivity index (χ4n) is 1.28. The molecule has 0 saturated heterocycles. The molecule has 0 aliphatic carbocycles. The summed E-state index contributed by atoms with van der Waals surface area (Å²) < 4.78 is 0. The van der Waals surface area contributed by atoms with Crippen LogP contribution in [-0.2, 0) is 0 Å². The van der Waals surface area contributed by atoms with Gasteiger partial charge in [0.15, 0.2) is 11.5 Å². The number of phenols is 2. The zero-order chi connectivity index (χ0) is 9.42. The topological polar surface area (TPSA) is 40.5 Å². The summed E-state index contributed by atoms with van der Waals surface area (Å²) in [6.07, 6.45) is 0. The van der Waals surface area contributed by atoms with Gasteiger partial charge in [-0.2, -0.15) is 0 Å². The summed E-state index contributed by atoms with van der Waals surface area (Å²) in [5.74, 6) is -0.455. The van der Waals surface area contributed by atoms with E-state index in [9.17, 15) is 10.2 Å². The molecule has 0 aromatic heterocycles. The minimum Gasteiger partial charge on any atom is -0.504 e. The molecule has 0 fully saturated rings. The maximum atomic E-state index is 9.32. The van der Waals surface area contributed by atoms with E-state index in [0.29, 0.717) is 0 Å². The number of rotatable bonds is 0. The highest BCUT2D eigenvalue weighted by Crippen LogP contribution is 2.38. The Morgan fingerprint density at radius 3 is 2.54 bits per heavy atom. The van der Waals surface area contributed by atoms with Crippen LogP contribution in [0.15, 0.2) is 30.3 Å². The molecule has 0 aliphatic rings. The monoisotopic (exact) mass is 194 g/mol. The number of fused-ring (bicyclic) bond motifs is 1. The van der Waals surface area contributed by atoms with Crippen LogP contribution in [-0.4, -0.2) is 10.2 Å². The molecule has 2 rings (SSSR count). The van der Waals surface area contributed by atoms with Gasteiger partial charge in [-0.15, -0.1) is 0 Å². The average Bonchev–Trinajstić information content (AvgIpc) is 2.15. The highest BCUT2D eigenvalue weighted by Gasteiger charge is 2.08. The fourth-order valence-corrected chi connectivity index (χ4v) is 1.55. The van der Waals surface area contributed by atoms with Crippen molar-refractivity contribution in [1.29, 1.82) is 0 Å². The molecule has 13 heavy (non-hydrogen) atoms. The zero-order valence-corrected chi connectivity index (χ0v) is 7.42. The summed E-state index contributed by atoms with van der Waals surface area (Å²) in [4.78, 5) is 0. The van der Waals surface area contributed by atoms with Gasteiger partial charge in [0.25, 0.3) is 0 Å². The highest BCUT2D eigenvalue weighted by molar-refractivity contribution is 6.37. The molecule has 2 aromatic rings. The second kappa shape index (κ2) is 2.82. The standard InChI is InChI=1S/C10H7ClO2/c11-9-7-4-2-1-3-6(7)5-8(12)10(9)13/h1-5,12-13H. The van der Waals surface area contributed by atoms with E-state index in [1.807, 2.05) is 18.2 Å². The van der Waals surface area contributed by atoms with Crippen molar-refractivity contribution in [3.05, 3.63) is 35.4 Å². The van der Waals surface area contributed by atoms with Gasteiger partial charge in [0.2, 0.25) is 0 Å². The van der Waals surface area contributed by atoms with E-state index in [2.05, 4.69) is 0 Å². The molecule has 3 heteroatoms. The lowest BCUT2D eigenvalue weighted by atomic mass is 10.1. The third-order valence-electron chi connectivity index (χ3n) is 1.94. The quantitative estimate of drug-likeness (QED) is 0.633. The lowest BCUT2D eigenvalue weighted by Crippen LogP contribution is -1.76. The van der Waals surface area contributed by atoms with Crippen LogP contribution >= 0.6 is 11.6 Å². The van der Waals surface area contributed by atoms with Crippen molar-refractivity contribution < 1.29 is 10.2 Å². The Morgan fingerprint density at radius 1 is 1.08 bits per heavy atom. The smallest absolute Gasteiger partial charge is 0.177 e. The Bertz CT molecular complexity index is 466. The summed E-state index contributed by atoms with van der Waals surface area (Å²) in [6, 6.07) is 8.76. The van der Waals surface area contributed by atoms with Gasteiger partial charge in [-0.25, -0.2) is 0 Å². The van der Waals surface area contributed by atoms with Crippen LogP contribution in [0.4, 0.5) is 0 Å². The first-order chi connectivity index (χ1) is 6.20. The summed E-state index contributed by atoms with van der Waals surface area (Å²) in [5, 5.41) is 20.3. The maximum absolute atomic E-state index is 9.32. The van der Waals surface area contributed by atoms with Gasteiger partial charge < -0.3 is 10.2 Å². The first-order valence-electron chi connectivity index (χ1n) is 3.79. The number of hydrogen-bond acceptors (Lipinski definition) is 2. The summed E-state index contributed by atoms with van der Waals surface area (Å²) >= 11 is 5.82. The number of hydrogen-bond donors (Lipinski definition) is 2. The molecule has 2 aromatic carbocycles. The van der Waals surface area contributed by atoms with Crippen LogP contribution in [0.3, 0.4) is 0 Å². The average molecular weight is 195 g/mol. The molecule has 0 bridgehead atoms. The van der Waals surface area contributed by atoms with Crippen LogP contribution in [0.1, 0.15) is 0 Å². The van der Waals surface area contributed by atoms with Crippen LogP contribution in [0.2, 0.25) is 5.02 Å². The van der Waals surface area contributed by atoms with Crippen molar-refractivity contribution in [2.75, 3.05) is 0 Å². The Kier molecular flexibility index (Phi) is 1.78. The predicted molar refractivity (Wildman–Crippen MR) is 52.3 cm³/mol. The third kappa shape index (κ3) is 1.19. The van der Waals surface area contributed by atoms with Gasteiger partial charge in [-0.1, -0.05) is 35.9 Å². The van der Waals surface area contributed by atoms with E-state index >= 15 is 0 Å². The van der Waals surface area contributed by atoms with Crippen LogP contribution < -0.4 is 0 Å². The number of benzene rings is 2. The van der Waals surface area contributed by atoms with Crippen molar-refractivity contribution >= 4 is 22.4 Å². The minimum absolute atomic E-state index is 0.190. The molecule has 0 amide bonds. The Hall–Kier alpha value is -1.41. The summed E-state index contributed by atoms with van der Waals surface area (Å²) in [7, 11) is 0. The molecule has 2 nitrogen and oxygen atoms in total. The van der Waals surface area contributed by atoms with Gasteiger partial charge in [-0.05, 0) is 11.5 Å². The second-order valence-corrected chi connectivity index (χ2v) is 3.16. The van der Waals surface area contributed by atoms with Crippen molar-refractivity contribution in [3.8, 4) is 11.5 Å².